The van der Waals surface area contributed by atoms with Crippen LogP contribution in [0.2, 0.25) is 0 Å². The molecule has 1 aromatic heterocycles. The molecule has 88 valence electrons. The number of carbonyl (C=O) groups is 1. The van der Waals surface area contributed by atoms with Crippen molar-refractivity contribution in [1.29, 1.82) is 0 Å². The lowest BCUT2D eigenvalue weighted by Gasteiger charge is -2.08. The van der Waals surface area contributed by atoms with Crippen molar-refractivity contribution in [1.82, 2.24) is 5.32 Å². The number of hydrogen-bond acceptors (Lipinski definition) is 3. The van der Waals surface area contributed by atoms with E-state index in [0.29, 0.717) is 18.9 Å². The van der Waals surface area contributed by atoms with E-state index in [2.05, 4.69) is 21.2 Å². The van der Waals surface area contributed by atoms with Crippen molar-refractivity contribution in [2.24, 2.45) is 0 Å². The van der Waals surface area contributed by atoms with Crippen molar-refractivity contribution in [2.45, 2.75) is 37.8 Å². The molecule has 0 aliphatic heterocycles. The molecule has 1 amide bonds. The van der Waals surface area contributed by atoms with Gasteiger partial charge in [0.25, 0.3) is 0 Å². The summed E-state index contributed by atoms with van der Waals surface area (Å²) in [5.41, 5.74) is 0. The Hall–Kier alpha value is -0.390. The number of thiophene rings is 1. The van der Waals surface area contributed by atoms with Gasteiger partial charge in [0.2, 0.25) is 5.91 Å². The molecule has 1 aromatic rings. The van der Waals surface area contributed by atoms with Gasteiger partial charge in [-0.15, -0.1) is 11.3 Å². The SMILES string of the molecule is O=C(CCC(O)c1ccc(Br)s1)NC1CC1. The van der Waals surface area contributed by atoms with Gasteiger partial charge in [-0.25, -0.2) is 0 Å². The highest BCUT2D eigenvalue weighted by atomic mass is 79.9. The summed E-state index contributed by atoms with van der Waals surface area (Å²) < 4.78 is 1.00. The molecule has 0 aromatic carbocycles. The monoisotopic (exact) mass is 303 g/mol. The zero-order valence-corrected chi connectivity index (χ0v) is 11.2. The smallest absolute Gasteiger partial charge is 0.220 e. The van der Waals surface area contributed by atoms with E-state index in [-0.39, 0.29) is 5.91 Å². The number of halogens is 1. The molecule has 1 saturated carbocycles. The molecule has 1 aliphatic rings. The fourth-order valence-corrected chi connectivity index (χ4v) is 2.89. The molecule has 1 atom stereocenters. The van der Waals surface area contributed by atoms with E-state index in [4.69, 9.17) is 0 Å². The highest BCUT2D eigenvalue weighted by molar-refractivity contribution is 9.11. The Labute approximate surface area is 107 Å². The van der Waals surface area contributed by atoms with Crippen LogP contribution in [0.25, 0.3) is 0 Å². The van der Waals surface area contributed by atoms with Gasteiger partial charge < -0.3 is 10.4 Å². The van der Waals surface area contributed by atoms with Crippen LogP contribution >= 0.6 is 27.3 Å². The van der Waals surface area contributed by atoms with Gasteiger partial charge in [-0.05, 0) is 47.3 Å². The standard InChI is InChI=1S/C11H14BrNO2S/c12-10-5-4-9(16-10)8(14)3-6-11(15)13-7-1-2-7/h4-5,7-8,14H,1-3,6H2,(H,13,15). The average Bonchev–Trinajstić information content (AvgIpc) is 2.95. The minimum Gasteiger partial charge on any atom is -0.388 e. The van der Waals surface area contributed by atoms with Crippen LogP contribution in [0.4, 0.5) is 0 Å². The third-order valence-electron chi connectivity index (χ3n) is 2.51. The van der Waals surface area contributed by atoms with Crippen LogP contribution < -0.4 is 5.32 Å². The van der Waals surface area contributed by atoms with Gasteiger partial charge in [-0.3, -0.25) is 4.79 Å². The molecule has 16 heavy (non-hydrogen) atoms. The van der Waals surface area contributed by atoms with Gasteiger partial charge in [0.05, 0.1) is 9.89 Å². The predicted molar refractivity (Wildman–Crippen MR) is 67.4 cm³/mol. The third kappa shape index (κ3) is 3.57. The number of aliphatic hydroxyl groups is 1. The van der Waals surface area contributed by atoms with Crippen LogP contribution in [-0.4, -0.2) is 17.1 Å². The number of aliphatic hydroxyl groups excluding tert-OH is 1. The first-order valence-corrected chi connectivity index (χ1v) is 6.99. The summed E-state index contributed by atoms with van der Waals surface area (Å²) in [6, 6.07) is 4.20. The molecule has 0 radical (unpaired) electrons. The maximum Gasteiger partial charge on any atom is 0.220 e. The predicted octanol–water partition coefficient (Wildman–Crippen LogP) is 2.60. The van der Waals surface area contributed by atoms with E-state index in [1.54, 1.807) is 0 Å². The summed E-state index contributed by atoms with van der Waals surface area (Å²) >= 11 is 4.86. The molecule has 0 saturated heterocycles. The summed E-state index contributed by atoms with van der Waals surface area (Å²) in [4.78, 5) is 12.3. The van der Waals surface area contributed by atoms with Crippen LogP contribution in [0.15, 0.2) is 15.9 Å². The molecule has 5 heteroatoms. The lowest BCUT2D eigenvalue weighted by atomic mass is 10.1. The number of nitrogens with one attached hydrogen (secondary N) is 1. The second kappa shape index (κ2) is 5.29. The third-order valence-corrected chi connectivity index (χ3v) is 4.23. The largest absolute Gasteiger partial charge is 0.388 e. The minimum atomic E-state index is -0.527. The molecule has 0 spiro atoms. The first-order chi connectivity index (χ1) is 7.65. The molecule has 1 fully saturated rings. The van der Waals surface area contributed by atoms with Gasteiger partial charge in [0.1, 0.15) is 0 Å². The quantitative estimate of drug-likeness (QED) is 0.878. The van der Waals surface area contributed by atoms with E-state index >= 15 is 0 Å². The number of hydrogen-bond donors (Lipinski definition) is 2. The molecule has 0 bridgehead atoms. The summed E-state index contributed by atoms with van der Waals surface area (Å²) in [5, 5.41) is 12.8. The number of amides is 1. The van der Waals surface area contributed by atoms with Crippen molar-refractivity contribution >= 4 is 33.2 Å². The molecule has 1 heterocycles. The molecular formula is C11H14BrNO2S. The van der Waals surface area contributed by atoms with Crippen LogP contribution in [0.1, 0.15) is 36.7 Å². The van der Waals surface area contributed by atoms with Crippen molar-refractivity contribution in [3.05, 3.63) is 20.8 Å². The fourth-order valence-electron chi connectivity index (χ4n) is 1.44. The zero-order chi connectivity index (χ0) is 11.5. The van der Waals surface area contributed by atoms with E-state index < -0.39 is 6.10 Å². The van der Waals surface area contributed by atoms with Gasteiger partial charge >= 0.3 is 0 Å². The average molecular weight is 304 g/mol. The second-order valence-corrected chi connectivity index (χ2v) is 6.53. The molecule has 1 unspecified atom stereocenters. The molecule has 2 rings (SSSR count). The minimum absolute atomic E-state index is 0.0529. The van der Waals surface area contributed by atoms with E-state index in [1.165, 1.54) is 11.3 Å². The van der Waals surface area contributed by atoms with Crippen molar-refractivity contribution in [2.75, 3.05) is 0 Å². The molecular weight excluding hydrogens is 290 g/mol. The Morgan fingerprint density at radius 1 is 1.62 bits per heavy atom. The molecule has 1 aliphatic carbocycles. The summed E-state index contributed by atoms with van der Waals surface area (Å²) in [7, 11) is 0. The Morgan fingerprint density at radius 3 is 2.94 bits per heavy atom. The molecule has 3 nitrogen and oxygen atoms in total. The number of rotatable bonds is 5. The van der Waals surface area contributed by atoms with Crippen LogP contribution in [0.3, 0.4) is 0 Å². The van der Waals surface area contributed by atoms with Crippen LogP contribution in [0, 0.1) is 0 Å². The second-order valence-electron chi connectivity index (χ2n) is 4.04. The van der Waals surface area contributed by atoms with Crippen molar-refractivity contribution in [3.8, 4) is 0 Å². The van der Waals surface area contributed by atoms with Crippen LogP contribution in [0.5, 0.6) is 0 Å². The zero-order valence-electron chi connectivity index (χ0n) is 8.78. The van der Waals surface area contributed by atoms with E-state index in [9.17, 15) is 9.90 Å². The van der Waals surface area contributed by atoms with Gasteiger partial charge in [0, 0.05) is 17.3 Å². The fraction of sp³-hybridized carbons (Fsp3) is 0.545. The van der Waals surface area contributed by atoms with Crippen LogP contribution in [-0.2, 0) is 4.79 Å². The summed E-state index contributed by atoms with van der Waals surface area (Å²) in [6.07, 6.45) is 2.57. The van der Waals surface area contributed by atoms with E-state index in [1.807, 2.05) is 12.1 Å². The van der Waals surface area contributed by atoms with E-state index in [0.717, 1.165) is 21.5 Å². The number of carbonyl (C=O) groups excluding carboxylic acids is 1. The first-order valence-electron chi connectivity index (χ1n) is 5.38. The normalized spacial score (nSPS) is 17.1. The lowest BCUT2D eigenvalue weighted by Crippen LogP contribution is -2.25. The lowest BCUT2D eigenvalue weighted by molar-refractivity contribution is -0.121. The maximum atomic E-state index is 11.4. The van der Waals surface area contributed by atoms with Gasteiger partial charge in [0.15, 0.2) is 0 Å². The highest BCUT2D eigenvalue weighted by Crippen LogP contribution is 2.29. The Balaban J connectivity index is 1.74. The van der Waals surface area contributed by atoms with Gasteiger partial charge in [-0.2, -0.15) is 0 Å². The Morgan fingerprint density at radius 2 is 2.38 bits per heavy atom. The Bertz CT molecular complexity index is 376. The Kier molecular flexibility index (Phi) is 4.00. The maximum absolute atomic E-state index is 11.4. The topological polar surface area (TPSA) is 49.3 Å². The van der Waals surface area contributed by atoms with Gasteiger partial charge in [-0.1, -0.05) is 0 Å². The van der Waals surface area contributed by atoms with Crippen molar-refractivity contribution < 1.29 is 9.90 Å². The summed E-state index contributed by atoms with van der Waals surface area (Å²) in [6.45, 7) is 0. The first kappa shape index (κ1) is 12.1. The summed E-state index contributed by atoms with van der Waals surface area (Å²) in [5.74, 6) is 0.0529. The van der Waals surface area contributed by atoms with Crippen molar-refractivity contribution in [3.63, 3.8) is 0 Å². The molecule has 2 N–H and O–H groups in total. The highest BCUT2D eigenvalue weighted by Gasteiger charge is 2.23.